The lowest BCUT2D eigenvalue weighted by Gasteiger charge is -2.04. The normalized spacial score (nSPS) is 12.2. The van der Waals surface area contributed by atoms with Gasteiger partial charge in [-0.2, -0.15) is 18.3 Å². The first kappa shape index (κ1) is 9.88. The molecular formula is C7H10F3N3. The number of alkyl halides is 3. The molecule has 0 aliphatic rings. The molecule has 1 aromatic rings. The van der Waals surface area contributed by atoms with E-state index in [1.54, 1.807) is 0 Å². The number of rotatable bonds is 2. The zero-order valence-electron chi connectivity index (χ0n) is 7.24. The van der Waals surface area contributed by atoms with Crippen molar-refractivity contribution in [2.75, 3.05) is 5.32 Å². The molecule has 1 rings (SSSR count). The van der Waals surface area contributed by atoms with E-state index in [1.165, 1.54) is 0 Å². The molecule has 1 aromatic heterocycles. The maximum Gasteiger partial charge on any atom is 0.432 e. The lowest BCUT2D eigenvalue weighted by molar-refractivity contribution is -0.141. The van der Waals surface area contributed by atoms with Crippen LogP contribution < -0.4 is 5.32 Å². The standard InChI is InChI=1S/C7H10F3N3/c1-4(2)11-6-3-5(12-13-6)7(8,9)10/h3-4H,1-2H3,(H2,11,12,13). The van der Waals surface area contributed by atoms with Crippen LogP contribution in [0.4, 0.5) is 19.0 Å². The third-order valence-electron chi connectivity index (χ3n) is 1.32. The number of halogens is 3. The van der Waals surface area contributed by atoms with Crippen LogP contribution in [0.2, 0.25) is 0 Å². The van der Waals surface area contributed by atoms with Crippen molar-refractivity contribution in [3.63, 3.8) is 0 Å². The fraction of sp³-hybridized carbons (Fsp3) is 0.571. The summed E-state index contributed by atoms with van der Waals surface area (Å²) in [6.45, 7) is 3.64. The Labute approximate surface area is 73.3 Å². The predicted molar refractivity (Wildman–Crippen MR) is 42.3 cm³/mol. The first-order valence-corrected chi connectivity index (χ1v) is 3.78. The van der Waals surface area contributed by atoms with E-state index in [1.807, 2.05) is 18.9 Å². The zero-order chi connectivity index (χ0) is 10.1. The highest BCUT2D eigenvalue weighted by molar-refractivity contribution is 5.36. The van der Waals surface area contributed by atoms with Crippen LogP contribution in [-0.4, -0.2) is 16.2 Å². The molecule has 1 heterocycles. The Morgan fingerprint density at radius 1 is 1.46 bits per heavy atom. The summed E-state index contributed by atoms with van der Waals surface area (Å²) < 4.78 is 36.1. The molecule has 0 saturated carbocycles. The van der Waals surface area contributed by atoms with Gasteiger partial charge in [-0.15, -0.1) is 0 Å². The second-order valence-corrected chi connectivity index (χ2v) is 2.96. The van der Waals surface area contributed by atoms with Crippen molar-refractivity contribution >= 4 is 5.82 Å². The summed E-state index contributed by atoms with van der Waals surface area (Å²) in [6, 6.07) is 1.00. The smallest absolute Gasteiger partial charge is 0.366 e. The van der Waals surface area contributed by atoms with Crippen molar-refractivity contribution < 1.29 is 13.2 Å². The van der Waals surface area contributed by atoms with Gasteiger partial charge < -0.3 is 5.32 Å². The summed E-state index contributed by atoms with van der Waals surface area (Å²) >= 11 is 0. The molecule has 0 amide bonds. The molecule has 0 atom stereocenters. The van der Waals surface area contributed by atoms with Gasteiger partial charge in [-0.25, -0.2) is 0 Å². The van der Waals surface area contributed by atoms with E-state index in [4.69, 9.17) is 0 Å². The SMILES string of the molecule is CC(C)Nc1cc(C(F)(F)F)[nH]n1. The molecule has 74 valence electrons. The van der Waals surface area contributed by atoms with Crippen LogP contribution >= 0.6 is 0 Å². The molecule has 0 unspecified atom stereocenters. The largest absolute Gasteiger partial charge is 0.432 e. The molecule has 0 saturated heterocycles. The predicted octanol–water partition coefficient (Wildman–Crippen LogP) is 2.25. The van der Waals surface area contributed by atoms with Gasteiger partial charge in [0.1, 0.15) is 11.5 Å². The zero-order valence-corrected chi connectivity index (χ0v) is 7.24. The Morgan fingerprint density at radius 3 is 2.46 bits per heavy atom. The molecule has 0 radical (unpaired) electrons. The second-order valence-electron chi connectivity index (χ2n) is 2.96. The monoisotopic (exact) mass is 193 g/mol. The van der Waals surface area contributed by atoms with Crippen LogP contribution in [0.3, 0.4) is 0 Å². The molecule has 0 aliphatic heterocycles. The van der Waals surface area contributed by atoms with E-state index in [2.05, 4.69) is 10.4 Å². The van der Waals surface area contributed by atoms with Crippen LogP contribution in [0.15, 0.2) is 6.07 Å². The van der Waals surface area contributed by atoms with E-state index >= 15 is 0 Å². The first-order chi connectivity index (χ1) is 5.89. The third kappa shape index (κ3) is 2.64. The molecule has 6 heteroatoms. The van der Waals surface area contributed by atoms with Gasteiger partial charge in [0.25, 0.3) is 0 Å². The van der Waals surface area contributed by atoms with Gasteiger partial charge in [0.05, 0.1) is 0 Å². The lowest BCUT2D eigenvalue weighted by atomic mass is 10.3. The van der Waals surface area contributed by atoms with Crippen molar-refractivity contribution in [1.29, 1.82) is 0 Å². The van der Waals surface area contributed by atoms with Gasteiger partial charge in [0.15, 0.2) is 0 Å². The number of aromatic amines is 1. The van der Waals surface area contributed by atoms with E-state index < -0.39 is 11.9 Å². The summed E-state index contributed by atoms with van der Waals surface area (Å²) in [5, 5.41) is 8.14. The first-order valence-electron chi connectivity index (χ1n) is 3.78. The number of hydrogen-bond donors (Lipinski definition) is 2. The van der Waals surface area contributed by atoms with Crippen LogP contribution in [0, 0.1) is 0 Å². The third-order valence-corrected chi connectivity index (χ3v) is 1.32. The van der Waals surface area contributed by atoms with Crippen LogP contribution in [0.25, 0.3) is 0 Å². The molecule has 0 spiro atoms. The van der Waals surface area contributed by atoms with Crippen molar-refractivity contribution in [3.05, 3.63) is 11.8 Å². The van der Waals surface area contributed by atoms with Crippen LogP contribution in [0.5, 0.6) is 0 Å². The summed E-state index contributed by atoms with van der Waals surface area (Å²) in [4.78, 5) is 0. The number of hydrogen-bond acceptors (Lipinski definition) is 2. The average molecular weight is 193 g/mol. The number of nitrogens with one attached hydrogen (secondary N) is 2. The number of aromatic nitrogens is 2. The molecule has 3 nitrogen and oxygen atoms in total. The van der Waals surface area contributed by atoms with Gasteiger partial charge in [-0.3, -0.25) is 5.10 Å². The Balaban J connectivity index is 2.75. The fourth-order valence-corrected chi connectivity index (χ4v) is 0.837. The maximum atomic E-state index is 12.0. The highest BCUT2D eigenvalue weighted by Gasteiger charge is 2.33. The van der Waals surface area contributed by atoms with E-state index in [-0.39, 0.29) is 11.9 Å². The number of anilines is 1. The Bertz CT molecular complexity index is 277. The van der Waals surface area contributed by atoms with Crippen LogP contribution in [-0.2, 0) is 6.18 Å². The highest BCUT2D eigenvalue weighted by Crippen LogP contribution is 2.28. The van der Waals surface area contributed by atoms with Gasteiger partial charge >= 0.3 is 6.18 Å². The van der Waals surface area contributed by atoms with Gasteiger partial charge in [-0.1, -0.05) is 0 Å². The molecule has 0 aromatic carbocycles. The second kappa shape index (κ2) is 3.27. The maximum absolute atomic E-state index is 12.0. The summed E-state index contributed by atoms with van der Waals surface area (Å²) in [5.41, 5.74) is -0.837. The van der Waals surface area contributed by atoms with Gasteiger partial charge in [-0.05, 0) is 13.8 Å². The highest BCUT2D eigenvalue weighted by atomic mass is 19.4. The van der Waals surface area contributed by atoms with Gasteiger partial charge in [0, 0.05) is 12.1 Å². The van der Waals surface area contributed by atoms with E-state index in [0.717, 1.165) is 6.07 Å². The minimum atomic E-state index is -4.36. The van der Waals surface area contributed by atoms with Crippen molar-refractivity contribution in [3.8, 4) is 0 Å². The van der Waals surface area contributed by atoms with Crippen molar-refractivity contribution in [1.82, 2.24) is 10.2 Å². The quantitative estimate of drug-likeness (QED) is 0.756. The minimum Gasteiger partial charge on any atom is -0.366 e. The molecule has 0 aliphatic carbocycles. The van der Waals surface area contributed by atoms with E-state index in [9.17, 15) is 13.2 Å². The van der Waals surface area contributed by atoms with Crippen molar-refractivity contribution in [2.45, 2.75) is 26.1 Å². The topological polar surface area (TPSA) is 40.7 Å². The fourth-order valence-electron chi connectivity index (χ4n) is 0.837. The number of H-pyrrole nitrogens is 1. The molecule has 0 bridgehead atoms. The molecular weight excluding hydrogens is 183 g/mol. The number of nitrogens with zero attached hydrogens (tertiary/aromatic N) is 1. The van der Waals surface area contributed by atoms with Crippen molar-refractivity contribution in [2.24, 2.45) is 0 Å². The molecule has 2 N–H and O–H groups in total. The summed E-state index contributed by atoms with van der Waals surface area (Å²) in [7, 11) is 0. The van der Waals surface area contributed by atoms with Gasteiger partial charge in [0.2, 0.25) is 0 Å². The summed E-state index contributed by atoms with van der Waals surface area (Å²) in [6.07, 6.45) is -4.36. The Hall–Kier alpha value is -1.20. The molecule has 13 heavy (non-hydrogen) atoms. The average Bonchev–Trinajstić information content (AvgIpc) is 2.32. The van der Waals surface area contributed by atoms with Crippen LogP contribution in [0.1, 0.15) is 19.5 Å². The lowest BCUT2D eigenvalue weighted by Crippen LogP contribution is -2.09. The Morgan fingerprint density at radius 2 is 2.08 bits per heavy atom. The Kier molecular flexibility index (Phi) is 2.49. The summed E-state index contributed by atoms with van der Waals surface area (Å²) in [5.74, 6) is 0.210. The minimum absolute atomic E-state index is 0.0596. The van der Waals surface area contributed by atoms with E-state index in [0.29, 0.717) is 0 Å². The molecule has 0 fully saturated rings.